The minimum atomic E-state index is -0.890. The van der Waals surface area contributed by atoms with Crippen molar-refractivity contribution in [3.63, 3.8) is 0 Å². The number of carbonyl (C=O) groups is 2. The minimum Gasteiger partial charge on any atom is -0.368 e. The first-order chi connectivity index (χ1) is 10.1. The van der Waals surface area contributed by atoms with Crippen molar-refractivity contribution in [2.24, 2.45) is 5.73 Å². The maximum absolute atomic E-state index is 11.9. The molecule has 2 rings (SSSR count). The van der Waals surface area contributed by atoms with Gasteiger partial charge in [0.2, 0.25) is 5.91 Å². The Hall–Kier alpha value is -2.53. The monoisotopic (exact) mass is 303 g/mol. The third-order valence-corrected chi connectivity index (χ3v) is 3.05. The van der Waals surface area contributed by atoms with Gasteiger partial charge in [-0.3, -0.25) is 4.79 Å². The van der Waals surface area contributed by atoms with E-state index >= 15 is 0 Å². The van der Waals surface area contributed by atoms with Crippen molar-refractivity contribution in [2.75, 3.05) is 5.32 Å². The van der Waals surface area contributed by atoms with E-state index in [0.29, 0.717) is 16.3 Å². The summed E-state index contributed by atoms with van der Waals surface area (Å²) in [5.74, 6) is -0.632. The predicted molar refractivity (Wildman–Crippen MR) is 82.0 cm³/mol. The number of rotatable bonds is 4. The molecule has 0 aliphatic carbocycles. The van der Waals surface area contributed by atoms with E-state index in [2.05, 4.69) is 10.6 Å². The maximum atomic E-state index is 11.9. The van der Waals surface area contributed by atoms with E-state index in [1.165, 1.54) is 0 Å². The summed E-state index contributed by atoms with van der Waals surface area (Å²) in [4.78, 5) is 23.4. The van der Waals surface area contributed by atoms with Gasteiger partial charge in [-0.15, -0.1) is 0 Å². The van der Waals surface area contributed by atoms with Crippen LogP contribution in [-0.2, 0) is 4.79 Å². The van der Waals surface area contributed by atoms with Gasteiger partial charge in [0.1, 0.15) is 6.04 Å². The lowest BCUT2D eigenvalue weighted by Crippen LogP contribution is -2.39. The molecule has 2 aromatic rings. The fourth-order valence-electron chi connectivity index (χ4n) is 1.80. The standard InChI is InChI=1S/C15H14ClN3O2/c16-11-6-8-12(9-7-11)18-15(21)19-13(14(17)20)10-4-2-1-3-5-10/h1-9,13H,(H2,17,20)(H2,18,19,21). The lowest BCUT2D eigenvalue weighted by atomic mass is 10.1. The smallest absolute Gasteiger partial charge is 0.320 e. The molecule has 108 valence electrons. The van der Waals surface area contributed by atoms with Crippen molar-refractivity contribution in [2.45, 2.75) is 6.04 Å². The van der Waals surface area contributed by atoms with Crippen LogP contribution >= 0.6 is 11.6 Å². The number of primary amides is 1. The van der Waals surface area contributed by atoms with Gasteiger partial charge < -0.3 is 16.4 Å². The molecule has 1 atom stereocenters. The number of amides is 3. The summed E-state index contributed by atoms with van der Waals surface area (Å²) in [5, 5.41) is 5.72. The second-order valence-electron chi connectivity index (χ2n) is 4.35. The molecule has 0 bridgehead atoms. The number of hydrogen-bond donors (Lipinski definition) is 3. The highest BCUT2D eigenvalue weighted by molar-refractivity contribution is 6.30. The van der Waals surface area contributed by atoms with Gasteiger partial charge in [0.15, 0.2) is 0 Å². The van der Waals surface area contributed by atoms with Crippen molar-refractivity contribution in [1.29, 1.82) is 0 Å². The molecule has 0 aliphatic heterocycles. The van der Waals surface area contributed by atoms with Crippen LogP contribution in [0.15, 0.2) is 54.6 Å². The van der Waals surface area contributed by atoms with Crippen molar-refractivity contribution in [1.82, 2.24) is 5.32 Å². The van der Waals surface area contributed by atoms with E-state index < -0.39 is 18.0 Å². The highest BCUT2D eigenvalue weighted by atomic mass is 35.5. The highest BCUT2D eigenvalue weighted by Gasteiger charge is 2.19. The lowest BCUT2D eigenvalue weighted by molar-refractivity contribution is -0.119. The Labute approximate surface area is 127 Å². The molecule has 0 radical (unpaired) electrons. The summed E-state index contributed by atoms with van der Waals surface area (Å²) in [6, 6.07) is 14.0. The van der Waals surface area contributed by atoms with E-state index in [-0.39, 0.29) is 0 Å². The number of nitrogens with one attached hydrogen (secondary N) is 2. The van der Waals surface area contributed by atoms with E-state index in [1.807, 2.05) is 6.07 Å². The third-order valence-electron chi connectivity index (χ3n) is 2.79. The van der Waals surface area contributed by atoms with Crippen molar-refractivity contribution in [3.8, 4) is 0 Å². The number of urea groups is 1. The van der Waals surface area contributed by atoms with Gasteiger partial charge >= 0.3 is 6.03 Å². The molecular formula is C15H14ClN3O2. The molecule has 2 aromatic carbocycles. The zero-order valence-corrected chi connectivity index (χ0v) is 11.8. The van der Waals surface area contributed by atoms with Crippen LogP contribution in [0.1, 0.15) is 11.6 Å². The van der Waals surface area contributed by atoms with Gasteiger partial charge in [-0.1, -0.05) is 41.9 Å². The number of anilines is 1. The summed E-state index contributed by atoms with van der Waals surface area (Å²) in [6.07, 6.45) is 0. The second-order valence-corrected chi connectivity index (χ2v) is 4.79. The van der Waals surface area contributed by atoms with Crippen LogP contribution in [-0.4, -0.2) is 11.9 Å². The summed E-state index contributed by atoms with van der Waals surface area (Å²) in [7, 11) is 0. The van der Waals surface area contributed by atoms with Crippen molar-refractivity contribution < 1.29 is 9.59 Å². The minimum absolute atomic E-state index is 0.523. The first-order valence-corrected chi connectivity index (χ1v) is 6.61. The highest BCUT2D eigenvalue weighted by Crippen LogP contribution is 2.15. The fraction of sp³-hybridized carbons (Fsp3) is 0.0667. The molecule has 0 heterocycles. The number of halogens is 1. The third kappa shape index (κ3) is 4.22. The average Bonchev–Trinajstić information content (AvgIpc) is 2.48. The first-order valence-electron chi connectivity index (χ1n) is 6.23. The molecule has 4 N–H and O–H groups in total. The van der Waals surface area contributed by atoms with Gasteiger partial charge in [0, 0.05) is 10.7 Å². The number of benzene rings is 2. The molecule has 0 saturated carbocycles. The summed E-state index contributed by atoms with van der Waals surface area (Å²) < 4.78 is 0. The van der Waals surface area contributed by atoms with Gasteiger partial charge in [0.05, 0.1) is 0 Å². The van der Waals surface area contributed by atoms with E-state index in [9.17, 15) is 9.59 Å². The molecule has 0 aromatic heterocycles. The van der Waals surface area contributed by atoms with E-state index in [0.717, 1.165) is 0 Å². The molecule has 0 saturated heterocycles. The number of nitrogens with two attached hydrogens (primary N) is 1. The van der Waals surface area contributed by atoms with Crippen LogP contribution < -0.4 is 16.4 Å². The van der Waals surface area contributed by atoms with Crippen LogP contribution in [0.4, 0.5) is 10.5 Å². The van der Waals surface area contributed by atoms with Gasteiger partial charge in [-0.2, -0.15) is 0 Å². The molecule has 21 heavy (non-hydrogen) atoms. The number of hydrogen-bond acceptors (Lipinski definition) is 2. The largest absolute Gasteiger partial charge is 0.368 e. The summed E-state index contributed by atoms with van der Waals surface area (Å²) in [6.45, 7) is 0. The molecule has 0 aliphatic rings. The summed E-state index contributed by atoms with van der Waals surface area (Å²) >= 11 is 5.76. The Balaban J connectivity index is 2.05. The van der Waals surface area contributed by atoms with Crippen LogP contribution in [0.5, 0.6) is 0 Å². The Morgan fingerprint density at radius 1 is 1.00 bits per heavy atom. The zero-order valence-electron chi connectivity index (χ0n) is 11.0. The van der Waals surface area contributed by atoms with Crippen molar-refractivity contribution >= 4 is 29.2 Å². The second kappa shape index (κ2) is 6.76. The quantitative estimate of drug-likeness (QED) is 0.811. The Morgan fingerprint density at radius 3 is 2.19 bits per heavy atom. The molecular weight excluding hydrogens is 290 g/mol. The van der Waals surface area contributed by atoms with Crippen LogP contribution in [0.2, 0.25) is 5.02 Å². The fourth-order valence-corrected chi connectivity index (χ4v) is 1.92. The molecule has 5 nitrogen and oxygen atoms in total. The molecule has 0 spiro atoms. The molecule has 1 unspecified atom stereocenters. The Kier molecular flexibility index (Phi) is 4.79. The van der Waals surface area contributed by atoms with Crippen LogP contribution in [0.25, 0.3) is 0 Å². The van der Waals surface area contributed by atoms with Gasteiger partial charge in [-0.05, 0) is 29.8 Å². The molecule has 3 amide bonds. The lowest BCUT2D eigenvalue weighted by Gasteiger charge is -2.16. The van der Waals surface area contributed by atoms with E-state index in [1.54, 1.807) is 48.5 Å². The average molecular weight is 304 g/mol. The topological polar surface area (TPSA) is 84.2 Å². The molecule has 6 heteroatoms. The maximum Gasteiger partial charge on any atom is 0.320 e. The van der Waals surface area contributed by atoms with Crippen LogP contribution in [0, 0.1) is 0 Å². The SMILES string of the molecule is NC(=O)C(NC(=O)Nc1ccc(Cl)cc1)c1ccccc1. The summed E-state index contributed by atoms with van der Waals surface area (Å²) in [5.41, 5.74) is 6.52. The van der Waals surface area contributed by atoms with Crippen molar-refractivity contribution in [3.05, 3.63) is 65.2 Å². The molecule has 0 fully saturated rings. The normalized spacial score (nSPS) is 11.5. The predicted octanol–water partition coefficient (Wildman–Crippen LogP) is 2.69. The zero-order chi connectivity index (χ0) is 15.2. The van der Waals surface area contributed by atoms with Gasteiger partial charge in [-0.25, -0.2) is 4.79 Å². The Bertz CT molecular complexity index is 629. The first kappa shape index (κ1) is 14.9. The van der Waals surface area contributed by atoms with Gasteiger partial charge in [0.25, 0.3) is 0 Å². The number of carbonyl (C=O) groups excluding carboxylic acids is 2. The van der Waals surface area contributed by atoms with E-state index in [4.69, 9.17) is 17.3 Å². The van der Waals surface area contributed by atoms with Crippen LogP contribution in [0.3, 0.4) is 0 Å². The Morgan fingerprint density at radius 2 is 1.62 bits per heavy atom.